The predicted octanol–water partition coefficient (Wildman–Crippen LogP) is 3.26. The lowest BCUT2D eigenvalue weighted by molar-refractivity contribution is -0.137. The third-order valence-electron chi connectivity index (χ3n) is 2.38. The molecule has 0 heterocycles. The van der Waals surface area contributed by atoms with Crippen molar-refractivity contribution in [1.29, 1.82) is 0 Å². The van der Waals surface area contributed by atoms with Gasteiger partial charge in [-0.15, -0.1) is 0 Å². The smallest absolute Gasteiger partial charge is 0.303 e. The number of alkyl halides is 1. The zero-order valence-electron chi connectivity index (χ0n) is 9.04. The number of carboxylic acids is 1. The summed E-state index contributed by atoms with van der Waals surface area (Å²) < 4.78 is 26.5. The Labute approximate surface area is 92.9 Å². The number of aliphatic carboxylic acids is 1. The van der Waals surface area contributed by atoms with Crippen molar-refractivity contribution in [3.05, 3.63) is 35.1 Å². The number of carboxylic acid groups (broad SMARTS) is 1. The molecule has 1 aromatic rings. The van der Waals surface area contributed by atoms with Crippen LogP contribution < -0.4 is 0 Å². The molecule has 1 rings (SSSR count). The fourth-order valence-corrected chi connectivity index (χ4v) is 1.68. The third-order valence-corrected chi connectivity index (χ3v) is 2.38. The number of benzene rings is 1. The van der Waals surface area contributed by atoms with E-state index >= 15 is 0 Å². The van der Waals surface area contributed by atoms with Gasteiger partial charge in [0.15, 0.2) is 0 Å². The number of halogens is 2. The highest BCUT2D eigenvalue weighted by molar-refractivity contribution is 5.66. The van der Waals surface area contributed by atoms with Gasteiger partial charge in [-0.25, -0.2) is 8.78 Å². The molecule has 0 radical (unpaired) electrons. The zero-order valence-corrected chi connectivity index (χ0v) is 9.04. The highest BCUT2D eigenvalue weighted by atomic mass is 19.1. The largest absolute Gasteiger partial charge is 0.481 e. The number of hydrogen-bond acceptors (Lipinski definition) is 1. The molecule has 0 aliphatic heterocycles. The molecule has 0 fully saturated rings. The number of aryl methyl sites for hydroxylation is 1. The van der Waals surface area contributed by atoms with Crippen LogP contribution in [0.15, 0.2) is 18.2 Å². The Morgan fingerprint density at radius 3 is 2.75 bits per heavy atom. The lowest BCUT2D eigenvalue weighted by atomic mass is 9.98. The Hall–Kier alpha value is -1.45. The van der Waals surface area contributed by atoms with Crippen LogP contribution >= 0.6 is 0 Å². The van der Waals surface area contributed by atoms with E-state index in [0.717, 1.165) is 0 Å². The molecule has 4 heteroatoms. The van der Waals surface area contributed by atoms with Crippen LogP contribution in [0.1, 0.15) is 37.1 Å². The Bertz CT molecular complexity index is 375. The lowest BCUT2D eigenvalue weighted by Gasteiger charge is -2.11. The lowest BCUT2D eigenvalue weighted by Crippen LogP contribution is -2.01. The molecule has 1 aromatic carbocycles. The number of rotatable bonds is 5. The van der Waals surface area contributed by atoms with E-state index in [9.17, 15) is 13.6 Å². The second-order valence-electron chi connectivity index (χ2n) is 3.68. The summed E-state index contributed by atoms with van der Waals surface area (Å²) in [7, 11) is 0. The van der Waals surface area contributed by atoms with E-state index in [4.69, 9.17) is 5.11 Å². The van der Waals surface area contributed by atoms with Crippen LogP contribution in [0, 0.1) is 5.82 Å². The van der Waals surface area contributed by atoms with Crippen molar-refractivity contribution >= 4 is 5.97 Å². The molecule has 1 atom stereocenters. The van der Waals surface area contributed by atoms with Crippen LogP contribution in [0.5, 0.6) is 0 Å². The average Bonchev–Trinajstić information content (AvgIpc) is 2.16. The zero-order chi connectivity index (χ0) is 12.1. The molecule has 2 nitrogen and oxygen atoms in total. The molecule has 0 bridgehead atoms. The minimum absolute atomic E-state index is 0.0105. The van der Waals surface area contributed by atoms with E-state index in [1.54, 1.807) is 6.07 Å². The molecule has 1 unspecified atom stereocenters. The standard InChI is InChI=1S/C12H14F2O2/c1-8(13)12-9(4-2-6-10(12)14)5-3-7-11(15)16/h2,4,6,8H,3,5,7H2,1H3,(H,15,16). The Balaban J connectivity index is 2.79. The molecule has 0 aromatic heterocycles. The van der Waals surface area contributed by atoms with Crippen LogP contribution in [0.3, 0.4) is 0 Å². The van der Waals surface area contributed by atoms with Gasteiger partial charge in [-0.05, 0) is 31.4 Å². The van der Waals surface area contributed by atoms with Crippen LogP contribution in [0.4, 0.5) is 8.78 Å². The highest BCUT2D eigenvalue weighted by Gasteiger charge is 2.14. The van der Waals surface area contributed by atoms with Gasteiger partial charge in [-0.1, -0.05) is 12.1 Å². The topological polar surface area (TPSA) is 37.3 Å². The first-order valence-corrected chi connectivity index (χ1v) is 5.15. The van der Waals surface area contributed by atoms with Crippen molar-refractivity contribution in [2.45, 2.75) is 32.4 Å². The predicted molar refractivity (Wildman–Crippen MR) is 56.5 cm³/mol. The Morgan fingerprint density at radius 1 is 1.50 bits per heavy atom. The quantitative estimate of drug-likeness (QED) is 0.839. The molecule has 16 heavy (non-hydrogen) atoms. The van der Waals surface area contributed by atoms with Gasteiger partial charge >= 0.3 is 5.97 Å². The summed E-state index contributed by atoms with van der Waals surface area (Å²) in [6.07, 6.45) is -0.594. The van der Waals surface area contributed by atoms with Gasteiger partial charge in [0, 0.05) is 12.0 Å². The van der Waals surface area contributed by atoms with Gasteiger partial charge in [0.2, 0.25) is 0 Å². The van der Waals surface area contributed by atoms with Gasteiger partial charge in [-0.2, -0.15) is 0 Å². The summed E-state index contributed by atoms with van der Waals surface area (Å²) in [6, 6.07) is 4.36. The van der Waals surface area contributed by atoms with Crippen molar-refractivity contribution in [3.63, 3.8) is 0 Å². The van der Waals surface area contributed by atoms with Crippen LogP contribution in [0.25, 0.3) is 0 Å². The van der Waals surface area contributed by atoms with E-state index < -0.39 is 18.0 Å². The van der Waals surface area contributed by atoms with Crippen LogP contribution in [-0.4, -0.2) is 11.1 Å². The summed E-state index contributed by atoms with van der Waals surface area (Å²) in [5.41, 5.74) is 0.601. The molecule has 0 spiro atoms. The Kier molecular flexibility index (Phi) is 4.40. The molecule has 0 aliphatic rings. The summed E-state index contributed by atoms with van der Waals surface area (Å²) in [5.74, 6) is -1.46. The summed E-state index contributed by atoms with van der Waals surface area (Å²) >= 11 is 0. The van der Waals surface area contributed by atoms with Crippen LogP contribution in [-0.2, 0) is 11.2 Å². The first-order valence-electron chi connectivity index (χ1n) is 5.15. The molecular formula is C12H14F2O2. The summed E-state index contributed by atoms with van der Waals surface area (Å²) in [6.45, 7) is 1.28. The van der Waals surface area contributed by atoms with Gasteiger partial charge in [0.1, 0.15) is 12.0 Å². The molecule has 0 aliphatic carbocycles. The second-order valence-corrected chi connectivity index (χ2v) is 3.68. The van der Waals surface area contributed by atoms with Gasteiger partial charge in [0.05, 0.1) is 0 Å². The maximum atomic E-state index is 13.3. The third kappa shape index (κ3) is 3.29. The first kappa shape index (κ1) is 12.6. The minimum atomic E-state index is -1.37. The maximum Gasteiger partial charge on any atom is 0.303 e. The van der Waals surface area contributed by atoms with Crippen molar-refractivity contribution in [2.24, 2.45) is 0 Å². The van der Waals surface area contributed by atoms with E-state index in [1.165, 1.54) is 19.1 Å². The van der Waals surface area contributed by atoms with Crippen molar-refractivity contribution in [1.82, 2.24) is 0 Å². The van der Waals surface area contributed by atoms with Crippen LogP contribution in [0.2, 0.25) is 0 Å². The van der Waals surface area contributed by atoms with E-state index in [2.05, 4.69) is 0 Å². The molecule has 0 saturated heterocycles. The van der Waals surface area contributed by atoms with Gasteiger partial charge < -0.3 is 5.11 Å². The monoisotopic (exact) mass is 228 g/mol. The number of carbonyl (C=O) groups is 1. The maximum absolute atomic E-state index is 13.3. The van der Waals surface area contributed by atoms with E-state index in [1.807, 2.05) is 0 Å². The van der Waals surface area contributed by atoms with Crippen molar-refractivity contribution in [2.75, 3.05) is 0 Å². The fourth-order valence-electron chi connectivity index (χ4n) is 1.68. The molecular weight excluding hydrogens is 214 g/mol. The SMILES string of the molecule is CC(F)c1c(F)cccc1CCCC(=O)O. The highest BCUT2D eigenvalue weighted by Crippen LogP contribution is 2.25. The van der Waals surface area contributed by atoms with E-state index in [-0.39, 0.29) is 12.0 Å². The fraction of sp³-hybridized carbons (Fsp3) is 0.417. The summed E-state index contributed by atoms with van der Waals surface area (Å²) in [5, 5.41) is 8.48. The van der Waals surface area contributed by atoms with Crippen molar-refractivity contribution in [3.8, 4) is 0 Å². The minimum Gasteiger partial charge on any atom is -0.481 e. The first-order chi connectivity index (χ1) is 7.52. The van der Waals surface area contributed by atoms with E-state index in [0.29, 0.717) is 18.4 Å². The average molecular weight is 228 g/mol. The molecule has 0 amide bonds. The van der Waals surface area contributed by atoms with Gasteiger partial charge in [-0.3, -0.25) is 4.79 Å². The molecule has 1 N–H and O–H groups in total. The van der Waals surface area contributed by atoms with Gasteiger partial charge in [0.25, 0.3) is 0 Å². The summed E-state index contributed by atoms with van der Waals surface area (Å²) in [4.78, 5) is 10.3. The normalized spacial score (nSPS) is 12.4. The second kappa shape index (κ2) is 5.58. The molecule has 0 saturated carbocycles. The number of hydrogen-bond donors (Lipinski definition) is 1. The Morgan fingerprint density at radius 2 is 2.19 bits per heavy atom. The van der Waals surface area contributed by atoms with Crippen molar-refractivity contribution < 1.29 is 18.7 Å². The molecule has 88 valence electrons.